The molecular formula is C40H47N3O2. The first-order valence-electron chi connectivity index (χ1n) is 16.4. The predicted octanol–water partition coefficient (Wildman–Crippen LogP) is 8.87. The number of phenols is 1. The molecule has 1 aromatic heterocycles. The maximum Gasteiger partial charge on any atom is 0.251 e. The monoisotopic (exact) mass is 601 g/mol. The van der Waals surface area contributed by atoms with E-state index < -0.39 is 0 Å². The molecule has 1 amide bonds. The number of phenolic OH excluding ortho intramolecular Hbond substituents is 1. The number of hydrogen-bond donors (Lipinski definition) is 4. The topological polar surface area (TPSA) is 77.2 Å². The Balaban J connectivity index is 1.36. The summed E-state index contributed by atoms with van der Waals surface area (Å²) in [6.07, 6.45) is 4.04. The number of aromatic amines is 1. The fourth-order valence-corrected chi connectivity index (χ4v) is 5.84. The van der Waals surface area contributed by atoms with Gasteiger partial charge >= 0.3 is 0 Å². The van der Waals surface area contributed by atoms with E-state index in [1.807, 2.05) is 54.6 Å². The van der Waals surface area contributed by atoms with Crippen molar-refractivity contribution in [1.82, 2.24) is 15.6 Å². The van der Waals surface area contributed by atoms with Crippen LogP contribution in [-0.2, 0) is 19.4 Å². The van der Waals surface area contributed by atoms with E-state index >= 15 is 0 Å². The highest BCUT2D eigenvalue weighted by atomic mass is 16.3. The van der Waals surface area contributed by atoms with Crippen molar-refractivity contribution < 1.29 is 9.90 Å². The van der Waals surface area contributed by atoms with Crippen LogP contribution in [0.25, 0.3) is 22.2 Å². The van der Waals surface area contributed by atoms with Crippen LogP contribution in [0.3, 0.4) is 0 Å². The number of benzene rings is 4. The van der Waals surface area contributed by atoms with Crippen LogP contribution in [0.2, 0.25) is 0 Å². The fourth-order valence-electron chi connectivity index (χ4n) is 5.84. The van der Waals surface area contributed by atoms with Gasteiger partial charge < -0.3 is 20.7 Å². The number of aryl methyl sites for hydroxylation is 1. The molecule has 0 bridgehead atoms. The van der Waals surface area contributed by atoms with Crippen molar-refractivity contribution in [2.45, 2.75) is 71.8 Å². The van der Waals surface area contributed by atoms with Gasteiger partial charge in [-0.15, -0.1) is 0 Å². The second kappa shape index (κ2) is 15.1. The van der Waals surface area contributed by atoms with E-state index in [4.69, 9.17) is 0 Å². The number of unbranched alkanes of at least 4 members (excludes halogenated alkanes) is 1. The maximum atomic E-state index is 13.2. The molecule has 234 valence electrons. The van der Waals surface area contributed by atoms with Gasteiger partial charge in [-0.05, 0) is 126 Å². The summed E-state index contributed by atoms with van der Waals surface area (Å²) in [6, 6.07) is 30.5. The van der Waals surface area contributed by atoms with Crippen LogP contribution in [0, 0.1) is 0 Å². The van der Waals surface area contributed by atoms with E-state index in [1.54, 1.807) is 12.1 Å². The summed E-state index contributed by atoms with van der Waals surface area (Å²) < 4.78 is 0. The summed E-state index contributed by atoms with van der Waals surface area (Å²) in [5, 5.41) is 17.4. The van der Waals surface area contributed by atoms with Crippen LogP contribution in [0.5, 0.6) is 5.75 Å². The number of nitrogens with one attached hydrogen (secondary N) is 3. The summed E-state index contributed by atoms with van der Waals surface area (Å²) in [5.74, 6) is 1.11. The number of rotatable bonds is 14. The summed E-state index contributed by atoms with van der Waals surface area (Å²) >= 11 is 0. The molecule has 5 heteroatoms. The lowest BCUT2D eigenvalue weighted by Gasteiger charge is -2.15. The van der Waals surface area contributed by atoms with E-state index in [1.165, 1.54) is 27.8 Å². The minimum absolute atomic E-state index is 0.0647. The molecule has 0 atom stereocenters. The Hall–Kier alpha value is -4.35. The molecule has 4 N–H and O–H groups in total. The van der Waals surface area contributed by atoms with Gasteiger partial charge in [0, 0.05) is 28.7 Å². The smallest absolute Gasteiger partial charge is 0.251 e. The number of hydrogen-bond acceptors (Lipinski definition) is 3. The van der Waals surface area contributed by atoms with Crippen molar-refractivity contribution in [3.05, 3.63) is 124 Å². The van der Waals surface area contributed by atoms with Gasteiger partial charge in [0.25, 0.3) is 5.91 Å². The zero-order valence-electron chi connectivity index (χ0n) is 27.1. The lowest BCUT2D eigenvalue weighted by atomic mass is 9.91. The number of H-pyrrole nitrogens is 1. The Morgan fingerprint density at radius 1 is 0.756 bits per heavy atom. The number of carbonyl (C=O) groups excluding carboxylic acids is 1. The summed E-state index contributed by atoms with van der Waals surface area (Å²) in [6.45, 7) is 11.3. The molecule has 0 fully saturated rings. The number of aromatic nitrogens is 1. The van der Waals surface area contributed by atoms with Gasteiger partial charge in [-0.25, -0.2) is 0 Å². The Morgan fingerprint density at radius 2 is 1.47 bits per heavy atom. The van der Waals surface area contributed by atoms with Crippen molar-refractivity contribution >= 4 is 16.8 Å². The molecule has 0 aliphatic carbocycles. The Labute approximate surface area is 268 Å². The van der Waals surface area contributed by atoms with Gasteiger partial charge in [-0.3, -0.25) is 4.79 Å². The quantitative estimate of drug-likeness (QED) is 0.0960. The highest BCUT2D eigenvalue weighted by molar-refractivity contribution is 6.00. The van der Waals surface area contributed by atoms with Crippen LogP contribution < -0.4 is 10.6 Å². The Kier molecular flexibility index (Phi) is 10.7. The van der Waals surface area contributed by atoms with Crippen LogP contribution in [0.4, 0.5) is 0 Å². The van der Waals surface area contributed by atoms with Gasteiger partial charge in [0.2, 0.25) is 0 Å². The van der Waals surface area contributed by atoms with Gasteiger partial charge in [0.15, 0.2) is 0 Å². The molecule has 0 saturated carbocycles. The van der Waals surface area contributed by atoms with Crippen molar-refractivity contribution in [1.29, 1.82) is 0 Å². The van der Waals surface area contributed by atoms with Gasteiger partial charge in [-0.2, -0.15) is 0 Å². The second-order valence-electron chi connectivity index (χ2n) is 12.7. The number of aromatic hydroxyl groups is 1. The molecule has 45 heavy (non-hydrogen) atoms. The molecule has 0 radical (unpaired) electrons. The fraction of sp³-hybridized carbons (Fsp3) is 0.325. The molecule has 0 saturated heterocycles. The first kappa shape index (κ1) is 32.1. The average molecular weight is 602 g/mol. The molecule has 0 aliphatic rings. The standard InChI is InChI=1S/C40H47N3O2/c1-27(2)32-22-33(28(3)4)24-34(23-32)39-36(19-21-41-20-9-8-10-29-13-16-35(44)17-14-29)37-25-31(15-18-38(37)43-39)40(45)42-26-30-11-6-5-7-12-30/h5-7,11-18,22-25,27-28,41,43-44H,8-10,19-21,26H2,1-4H3,(H,42,45). The second-order valence-corrected chi connectivity index (χ2v) is 12.7. The van der Waals surface area contributed by atoms with Crippen molar-refractivity contribution in [2.75, 3.05) is 13.1 Å². The zero-order valence-corrected chi connectivity index (χ0v) is 27.1. The molecule has 5 rings (SSSR count). The summed E-state index contributed by atoms with van der Waals surface area (Å²) in [7, 11) is 0. The van der Waals surface area contributed by atoms with E-state index in [0.29, 0.717) is 29.7 Å². The van der Waals surface area contributed by atoms with E-state index in [0.717, 1.165) is 60.9 Å². The molecule has 5 nitrogen and oxygen atoms in total. The predicted molar refractivity (Wildman–Crippen MR) is 187 cm³/mol. The minimum atomic E-state index is -0.0647. The molecule has 1 heterocycles. The molecule has 4 aromatic carbocycles. The highest BCUT2D eigenvalue weighted by Crippen LogP contribution is 2.35. The third-order valence-corrected chi connectivity index (χ3v) is 8.62. The van der Waals surface area contributed by atoms with Crippen molar-refractivity contribution in [2.24, 2.45) is 0 Å². The molecule has 0 aliphatic heterocycles. The zero-order chi connectivity index (χ0) is 31.8. The van der Waals surface area contributed by atoms with Crippen molar-refractivity contribution in [3.63, 3.8) is 0 Å². The van der Waals surface area contributed by atoms with Gasteiger partial charge in [-0.1, -0.05) is 76.2 Å². The Bertz CT molecular complexity index is 1680. The number of fused-ring (bicyclic) bond motifs is 1. The first-order valence-corrected chi connectivity index (χ1v) is 16.4. The summed E-state index contributed by atoms with van der Waals surface area (Å²) in [5.41, 5.74) is 10.3. The van der Waals surface area contributed by atoms with Crippen LogP contribution in [0.15, 0.2) is 91.0 Å². The molecule has 0 unspecified atom stereocenters. The third kappa shape index (κ3) is 8.43. The van der Waals surface area contributed by atoms with Crippen LogP contribution in [0.1, 0.15) is 90.5 Å². The highest BCUT2D eigenvalue weighted by Gasteiger charge is 2.18. The largest absolute Gasteiger partial charge is 0.508 e. The minimum Gasteiger partial charge on any atom is -0.508 e. The number of carbonyl (C=O) groups is 1. The first-order chi connectivity index (χ1) is 21.8. The normalized spacial score (nSPS) is 11.5. The van der Waals surface area contributed by atoms with Gasteiger partial charge in [0.05, 0.1) is 0 Å². The van der Waals surface area contributed by atoms with Gasteiger partial charge in [0.1, 0.15) is 5.75 Å². The number of amides is 1. The summed E-state index contributed by atoms with van der Waals surface area (Å²) in [4.78, 5) is 17.0. The van der Waals surface area contributed by atoms with Crippen LogP contribution >= 0.6 is 0 Å². The molecule has 0 spiro atoms. The average Bonchev–Trinajstić information content (AvgIpc) is 3.42. The maximum absolute atomic E-state index is 13.2. The van der Waals surface area contributed by atoms with Crippen LogP contribution in [-0.4, -0.2) is 29.1 Å². The van der Waals surface area contributed by atoms with E-state index in [-0.39, 0.29) is 5.91 Å². The third-order valence-electron chi connectivity index (χ3n) is 8.62. The molecule has 5 aromatic rings. The SMILES string of the molecule is CC(C)c1cc(-c2[nH]c3ccc(C(=O)NCc4ccccc4)cc3c2CCNCCCCc2ccc(O)cc2)cc(C(C)C)c1. The lowest BCUT2D eigenvalue weighted by molar-refractivity contribution is 0.0951. The van der Waals surface area contributed by atoms with E-state index in [2.05, 4.69) is 67.6 Å². The van der Waals surface area contributed by atoms with Crippen molar-refractivity contribution in [3.8, 4) is 17.0 Å². The Morgan fingerprint density at radius 3 is 2.16 bits per heavy atom. The molecular weight excluding hydrogens is 554 g/mol. The lowest BCUT2D eigenvalue weighted by Crippen LogP contribution is -2.22. The van der Waals surface area contributed by atoms with E-state index in [9.17, 15) is 9.90 Å².